The van der Waals surface area contributed by atoms with Crippen LogP contribution in [0.3, 0.4) is 0 Å². The minimum absolute atomic E-state index is 0.0887. The van der Waals surface area contributed by atoms with Gasteiger partial charge in [-0.15, -0.1) is 0 Å². The number of nitriles is 1. The molecule has 4 nitrogen and oxygen atoms in total. The Bertz CT molecular complexity index is 764. The molecule has 2 atom stereocenters. The second kappa shape index (κ2) is 5.34. The number of carbonyl (C=O) groups is 1. The van der Waals surface area contributed by atoms with Crippen LogP contribution in [0.5, 0.6) is 5.75 Å². The third-order valence-corrected chi connectivity index (χ3v) is 4.69. The number of phenolic OH excluding ortho intramolecular Hbond substituents is 1. The van der Waals surface area contributed by atoms with E-state index in [0.717, 1.165) is 23.4 Å². The lowest BCUT2D eigenvalue weighted by Crippen LogP contribution is -2.35. The van der Waals surface area contributed by atoms with Gasteiger partial charge in [-0.1, -0.05) is 26.0 Å². The van der Waals surface area contributed by atoms with Crippen molar-refractivity contribution in [3.8, 4) is 11.8 Å². The highest BCUT2D eigenvalue weighted by Gasteiger charge is 2.42. The monoisotopic (exact) mass is 308 g/mol. The number of carbonyl (C=O) groups excluding carboxylic acids is 1. The van der Waals surface area contributed by atoms with E-state index >= 15 is 0 Å². The second-order valence-electron chi connectivity index (χ2n) is 7.23. The van der Waals surface area contributed by atoms with Crippen LogP contribution in [0, 0.1) is 22.7 Å². The number of aliphatic imine (C=N–C) groups is 1. The number of rotatable bonds is 1. The van der Waals surface area contributed by atoms with Crippen molar-refractivity contribution in [2.24, 2.45) is 16.3 Å². The molecule has 4 heteroatoms. The molecule has 23 heavy (non-hydrogen) atoms. The van der Waals surface area contributed by atoms with E-state index in [0.29, 0.717) is 12.0 Å². The maximum atomic E-state index is 12.8. The molecular weight excluding hydrogens is 288 g/mol. The topological polar surface area (TPSA) is 73.4 Å². The molecule has 1 aliphatic heterocycles. The molecule has 3 rings (SSSR count). The first-order valence-corrected chi connectivity index (χ1v) is 7.82. The van der Waals surface area contributed by atoms with E-state index in [1.807, 2.05) is 6.92 Å². The molecule has 0 saturated carbocycles. The first-order chi connectivity index (χ1) is 10.8. The number of Topliss-reactive ketones (excluding diaryl/α,β-unsaturated/α-hetero) is 1. The van der Waals surface area contributed by atoms with Gasteiger partial charge in [-0.25, -0.2) is 0 Å². The first-order valence-electron chi connectivity index (χ1n) is 7.82. The number of hydrogen-bond donors (Lipinski definition) is 1. The molecule has 0 aromatic heterocycles. The van der Waals surface area contributed by atoms with Crippen LogP contribution in [0.1, 0.15) is 45.1 Å². The number of aromatic hydroxyl groups is 1. The van der Waals surface area contributed by atoms with Gasteiger partial charge < -0.3 is 5.11 Å². The minimum Gasteiger partial charge on any atom is -0.508 e. The minimum atomic E-state index is -0.441. The zero-order valence-corrected chi connectivity index (χ0v) is 13.6. The molecule has 1 aliphatic carbocycles. The number of allylic oxidation sites excluding steroid dienone is 2. The van der Waals surface area contributed by atoms with Crippen LogP contribution in [0.15, 0.2) is 40.5 Å². The highest BCUT2D eigenvalue weighted by molar-refractivity contribution is 6.03. The number of nitrogens with zero attached hydrogens (tertiary/aromatic N) is 2. The molecule has 0 amide bonds. The Morgan fingerprint density at radius 1 is 1.26 bits per heavy atom. The lowest BCUT2D eigenvalue weighted by molar-refractivity contribution is -0.118. The number of hydrogen-bond acceptors (Lipinski definition) is 4. The van der Waals surface area contributed by atoms with Crippen molar-refractivity contribution in [1.29, 1.82) is 5.26 Å². The average Bonchev–Trinajstić information content (AvgIpc) is 2.45. The van der Waals surface area contributed by atoms with Crippen molar-refractivity contribution in [3.63, 3.8) is 0 Å². The maximum Gasteiger partial charge on any atom is 0.161 e. The van der Waals surface area contributed by atoms with Crippen LogP contribution in [0.2, 0.25) is 0 Å². The predicted octanol–water partition coefficient (Wildman–Crippen LogP) is 3.73. The molecule has 1 N–H and O–H groups in total. The van der Waals surface area contributed by atoms with Crippen LogP contribution in [0.4, 0.5) is 0 Å². The van der Waals surface area contributed by atoms with Gasteiger partial charge in [0.1, 0.15) is 5.75 Å². The Balaban J connectivity index is 2.17. The molecule has 2 aliphatic rings. The van der Waals surface area contributed by atoms with Gasteiger partial charge in [-0.2, -0.15) is 5.26 Å². The Morgan fingerprint density at radius 3 is 2.52 bits per heavy atom. The Kier molecular flexibility index (Phi) is 3.60. The lowest BCUT2D eigenvalue weighted by Gasteiger charge is -2.37. The zero-order chi connectivity index (χ0) is 16.8. The molecule has 118 valence electrons. The van der Waals surface area contributed by atoms with E-state index in [1.165, 1.54) is 0 Å². The molecular formula is C19H20N2O2. The highest BCUT2D eigenvalue weighted by Crippen LogP contribution is 2.47. The molecule has 0 spiro atoms. The van der Waals surface area contributed by atoms with Gasteiger partial charge >= 0.3 is 0 Å². The number of benzene rings is 1. The quantitative estimate of drug-likeness (QED) is 0.859. The second-order valence-corrected chi connectivity index (χ2v) is 7.23. The number of phenols is 1. The summed E-state index contributed by atoms with van der Waals surface area (Å²) in [7, 11) is 0. The summed E-state index contributed by atoms with van der Waals surface area (Å²) in [5.41, 5.74) is 3.05. The molecule has 2 unspecified atom stereocenters. The fourth-order valence-electron chi connectivity index (χ4n) is 3.65. The Hall–Kier alpha value is -2.41. The van der Waals surface area contributed by atoms with Crippen LogP contribution in [0.25, 0.3) is 0 Å². The molecule has 0 fully saturated rings. The third-order valence-electron chi connectivity index (χ3n) is 4.69. The van der Waals surface area contributed by atoms with Crippen LogP contribution in [-0.4, -0.2) is 16.6 Å². The predicted molar refractivity (Wildman–Crippen MR) is 88.1 cm³/mol. The first kappa shape index (κ1) is 15.5. The largest absolute Gasteiger partial charge is 0.508 e. The van der Waals surface area contributed by atoms with Crippen molar-refractivity contribution >= 4 is 11.5 Å². The smallest absolute Gasteiger partial charge is 0.161 e. The van der Waals surface area contributed by atoms with Crippen LogP contribution >= 0.6 is 0 Å². The molecule has 1 heterocycles. The average molecular weight is 308 g/mol. The van der Waals surface area contributed by atoms with E-state index in [9.17, 15) is 15.2 Å². The molecule has 0 saturated heterocycles. The van der Waals surface area contributed by atoms with Crippen LogP contribution in [-0.2, 0) is 4.79 Å². The van der Waals surface area contributed by atoms with Gasteiger partial charge in [-0.3, -0.25) is 9.79 Å². The summed E-state index contributed by atoms with van der Waals surface area (Å²) >= 11 is 0. The number of ketones is 1. The summed E-state index contributed by atoms with van der Waals surface area (Å²) < 4.78 is 0. The normalized spacial score (nSPS) is 26.3. The molecule has 0 bridgehead atoms. The van der Waals surface area contributed by atoms with E-state index < -0.39 is 5.92 Å². The SMILES string of the molecule is CC1=NC2=C(C(=O)CC(C)(C)C2)C(c2ccc(O)cc2)C1C#N. The molecule has 1 aromatic carbocycles. The summed E-state index contributed by atoms with van der Waals surface area (Å²) in [6.07, 6.45) is 1.23. The Morgan fingerprint density at radius 2 is 1.91 bits per heavy atom. The standard InChI is InChI=1S/C19H20N2O2/c1-11-14(10-20)17(12-4-6-13(22)7-5-12)18-15(21-11)8-19(2,3)9-16(18)23/h4-7,14,17,22H,8-9H2,1-3H3. The summed E-state index contributed by atoms with van der Waals surface area (Å²) in [6, 6.07) is 9.10. The van der Waals surface area contributed by atoms with Crippen molar-refractivity contribution in [2.45, 2.75) is 39.5 Å². The van der Waals surface area contributed by atoms with Gasteiger partial charge in [0.05, 0.1) is 12.0 Å². The summed E-state index contributed by atoms with van der Waals surface area (Å²) in [4.78, 5) is 17.4. The fourth-order valence-corrected chi connectivity index (χ4v) is 3.65. The van der Waals surface area contributed by atoms with Gasteiger partial charge in [0.25, 0.3) is 0 Å². The van der Waals surface area contributed by atoms with E-state index in [2.05, 4.69) is 24.9 Å². The Labute approximate surface area is 136 Å². The highest BCUT2D eigenvalue weighted by atomic mass is 16.3. The maximum absolute atomic E-state index is 12.8. The van der Waals surface area contributed by atoms with Crippen molar-refractivity contribution in [3.05, 3.63) is 41.1 Å². The van der Waals surface area contributed by atoms with Gasteiger partial charge in [0.15, 0.2) is 5.78 Å². The fraction of sp³-hybridized carbons (Fsp3) is 0.421. The lowest BCUT2D eigenvalue weighted by atomic mass is 9.67. The van der Waals surface area contributed by atoms with E-state index in [4.69, 9.17) is 0 Å². The zero-order valence-electron chi connectivity index (χ0n) is 13.6. The van der Waals surface area contributed by atoms with Gasteiger partial charge in [0, 0.05) is 29.3 Å². The molecule has 1 aromatic rings. The van der Waals surface area contributed by atoms with Crippen LogP contribution < -0.4 is 0 Å². The summed E-state index contributed by atoms with van der Waals surface area (Å²) in [5.74, 6) is -0.472. The summed E-state index contributed by atoms with van der Waals surface area (Å²) in [5, 5.41) is 19.1. The molecule has 0 radical (unpaired) electrons. The van der Waals surface area contributed by atoms with E-state index in [1.54, 1.807) is 24.3 Å². The van der Waals surface area contributed by atoms with E-state index in [-0.39, 0.29) is 22.9 Å². The van der Waals surface area contributed by atoms with Gasteiger partial charge in [0.2, 0.25) is 0 Å². The van der Waals surface area contributed by atoms with Gasteiger partial charge in [-0.05, 0) is 36.5 Å². The van der Waals surface area contributed by atoms with Crippen molar-refractivity contribution in [2.75, 3.05) is 0 Å². The summed E-state index contributed by atoms with van der Waals surface area (Å²) in [6.45, 7) is 6.01. The van der Waals surface area contributed by atoms with Crippen molar-refractivity contribution < 1.29 is 9.90 Å². The third kappa shape index (κ3) is 2.68. The van der Waals surface area contributed by atoms with Crippen molar-refractivity contribution in [1.82, 2.24) is 0 Å².